The summed E-state index contributed by atoms with van der Waals surface area (Å²) in [6.45, 7) is 3.21. The highest BCUT2D eigenvalue weighted by Gasteiger charge is 2.04. The summed E-state index contributed by atoms with van der Waals surface area (Å²) in [6.07, 6.45) is 2.40. The van der Waals surface area contributed by atoms with Gasteiger partial charge < -0.3 is 10.1 Å². The minimum Gasteiger partial charge on any atom is -0.494 e. The van der Waals surface area contributed by atoms with Crippen molar-refractivity contribution in [3.63, 3.8) is 0 Å². The third-order valence-corrected chi connectivity index (χ3v) is 2.83. The van der Waals surface area contributed by atoms with Gasteiger partial charge in [-0.3, -0.25) is 9.78 Å². The van der Waals surface area contributed by atoms with Crippen molar-refractivity contribution in [1.82, 2.24) is 10.3 Å². The van der Waals surface area contributed by atoms with Gasteiger partial charge in [-0.25, -0.2) is 0 Å². The van der Waals surface area contributed by atoms with Gasteiger partial charge in [0.2, 0.25) is 0 Å². The zero-order valence-corrected chi connectivity index (χ0v) is 11.5. The first-order valence-electron chi connectivity index (χ1n) is 6.70. The number of ether oxygens (including phenoxy) is 1. The molecule has 4 nitrogen and oxygen atoms in total. The summed E-state index contributed by atoms with van der Waals surface area (Å²) >= 11 is 0. The zero-order valence-electron chi connectivity index (χ0n) is 11.5. The van der Waals surface area contributed by atoms with E-state index in [0.29, 0.717) is 18.8 Å². The van der Waals surface area contributed by atoms with Crippen LogP contribution in [0.5, 0.6) is 5.75 Å². The molecule has 0 atom stereocenters. The molecule has 104 valence electrons. The molecule has 1 aromatic carbocycles. The standard InChI is InChI=1S/C16H18N2O2/c1-2-20-14-8-6-13(7-9-14)10-12-18-16(19)15-5-3-4-11-17-15/h3-9,11H,2,10,12H2,1H3,(H,18,19). The van der Waals surface area contributed by atoms with Crippen molar-refractivity contribution in [2.75, 3.05) is 13.2 Å². The largest absolute Gasteiger partial charge is 0.494 e. The molecule has 2 rings (SSSR count). The van der Waals surface area contributed by atoms with Gasteiger partial charge in [-0.2, -0.15) is 0 Å². The quantitative estimate of drug-likeness (QED) is 0.877. The summed E-state index contributed by atoms with van der Waals surface area (Å²) in [5, 5.41) is 2.85. The van der Waals surface area contributed by atoms with Gasteiger partial charge in [0.25, 0.3) is 5.91 Å². The van der Waals surface area contributed by atoms with E-state index in [9.17, 15) is 4.79 Å². The highest BCUT2D eigenvalue weighted by atomic mass is 16.5. The van der Waals surface area contributed by atoms with Crippen molar-refractivity contribution in [3.8, 4) is 5.75 Å². The molecule has 1 amide bonds. The number of carbonyl (C=O) groups excluding carboxylic acids is 1. The number of nitrogens with zero attached hydrogens (tertiary/aromatic N) is 1. The van der Waals surface area contributed by atoms with Crippen LogP contribution in [0.25, 0.3) is 0 Å². The molecular weight excluding hydrogens is 252 g/mol. The Hall–Kier alpha value is -2.36. The molecule has 0 bridgehead atoms. The third-order valence-electron chi connectivity index (χ3n) is 2.83. The first kappa shape index (κ1) is 14.1. The van der Waals surface area contributed by atoms with E-state index in [1.807, 2.05) is 31.2 Å². The Morgan fingerprint density at radius 1 is 1.20 bits per heavy atom. The molecule has 0 aliphatic carbocycles. The summed E-state index contributed by atoms with van der Waals surface area (Å²) in [4.78, 5) is 15.8. The zero-order chi connectivity index (χ0) is 14.2. The Labute approximate surface area is 118 Å². The van der Waals surface area contributed by atoms with Crippen molar-refractivity contribution in [3.05, 3.63) is 59.9 Å². The monoisotopic (exact) mass is 270 g/mol. The number of amides is 1. The van der Waals surface area contributed by atoms with Crippen LogP contribution in [0.3, 0.4) is 0 Å². The lowest BCUT2D eigenvalue weighted by atomic mass is 10.1. The van der Waals surface area contributed by atoms with Crippen LogP contribution in [0.4, 0.5) is 0 Å². The Morgan fingerprint density at radius 3 is 2.65 bits per heavy atom. The van der Waals surface area contributed by atoms with Gasteiger partial charge in [-0.05, 0) is 43.2 Å². The normalized spacial score (nSPS) is 10.1. The van der Waals surface area contributed by atoms with Gasteiger partial charge in [0, 0.05) is 12.7 Å². The minimum atomic E-state index is -0.142. The Bertz CT molecular complexity index is 538. The minimum absolute atomic E-state index is 0.142. The van der Waals surface area contributed by atoms with E-state index in [4.69, 9.17) is 4.74 Å². The van der Waals surface area contributed by atoms with E-state index in [1.54, 1.807) is 24.4 Å². The Morgan fingerprint density at radius 2 is 2.00 bits per heavy atom. The molecule has 0 saturated heterocycles. The summed E-state index contributed by atoms with van der Waals surface area (Å²) < 4.78 is 5.38. The molecule has 20 heavy (non-hydrogen) atoms. The number of hydrogen-bond donors (Lipinski definition) is 1. The molecule has 1 heterocycles. The Kier molecular flexibility index (Phi) is 5.12. The molecule has 1 aromatic heterocycles. The van der Waals surface area contributed by atoms with Crippen LogP contribution >= 0.6 is 0 Å². The summed E-state index contributed by atoms with van der Waals surface area (Å²) in [5.74, 6) is 0.727. The van der Waals surface area contributed by atoms with E-state index >= 15 is 0 Å². The van der Waals surface area contributed by atoms with Crippen molar-refractivity contribution in [2.24, 2.45) is 0 Å². The number of benzene rings is 1. The fourth-order valence-corrected chi connectivity index (χ4v) is 1.83. The van der Waals surface area contributed by atoms with E-state index in [1.165, 1.54) is 0 Å². The molecule has 0 radical (unpaired) electrons. The van der Waals surface area contributed by atoms with E-state index in [0.717, 1.165) is 17.7 Å². The SMILES string of the molecule is CCOc1ccc(CCNC(=O)c2ccccn2)cc1. The Balaban J connectivity index is 1.79. The fourth-order valence-electron chi connectivity index (χ4n) is 1.83. The number of aromatic nitrogens is 1. The maximum atomic E-state index is 11.8. The molecule has 0 unspecified atom stereocenters. The second-order valence-corrected chi connectivity index (χ2v) is 4.30. The van der Waals surface area contributed by atoms with E-state index in [2.05, 4.69) is 10.3 Å². The van der Waals surface area contributed by atoms with Crippen LogP contribution in [0.1, 0.15) is 23.0 Å². The van der Waals surface area contributed by atoms with Gasteiger partial charge in [0.1, 0.15) is 11.4 Å². The van der Waals surface area contributed by atoms with E-state index in [-0.39, 0.29) is 5.91 Å². The molecule has 0 aliphatic rings. The summed E-state index contributed by atoms with van der Waals surface area (Å²) in [6, 6.07) is 13.2. The van der Waals surface area contributed by atoms with Crippen molar-refractivity contribution < 1.29 is 9.53 Å². The lowest BCUT2D eigenvalue weighted by Crippen LogP contribution is -2.26. The number of carbonyl (C=O) groups is 1. The molecule has 2 aromatic rings. The van der Waals surface area contributed by atoms with Crippen LogP contribution in [-0.2, 0) is 6.42 Å². The van der Waals surface area contributed by atoms with Crippen molar-refractivity contribution in [2.45, 2.75) is 13.3 Å². The van der Waals surface area contributed by atoms with Gasteiger partial charge >= 0.3 is 0 Å². The van der Waals surface area contributed by atoms with Gasteiger partial charge in [-0.1, -0.05) is 18.2 Å². The van der Waals surface area contributed by atoms with E-state index < -0.39 is 0 Å². The molecule has 0 saturated carbocycles. The maximum Gasteiger partial charge on any atom is 0.269 e. The summed E-state index contributed by atoms with van der Waals surface area (Å²) in [5.41, 5.74) is 1.61. The van der Waals surface area contributed by atoms with Crippen molar-refractivity contribution in [1.29, 1.82) is 0 Å². The lowest BCUT2D eigenvalue weighted by Gasteiger charge is -2.06. The molecular formula is C16H18N2O2. The first-order valence-corrected chi connectivity index (χ1v) is 6.70. The molecule has 0 spiro atoms. The van der Waals surface area contributed by atoms with Gasteiger partial charge in [0.05, 0.1) is 6.61 Å². The van der Waals surface area contributed by atoms with Crippen LogP contribution in [0.15, 0.2) is 48.7 Å². The fraction of sp³-hybridized carbons (Fsp3) is 0.250. The number of nitrogens with one attached hydrogen (secondary N) is 1. The average Bonchev–Trinajstić information content (AvgIpc) is 2.50. The van der Waals surface area contributed by atoms with Gasteiger partial charge in [-0.15, -0.1) is 0 Å². The number of rotatable bonds is 6. The maximum absolute atomic E-state index is 11.8. The first-order chi connectivity index (χ1) is 9.79. The molecule has 1 N–H and O–H groups in total. The molecule has 0 fully saturated rings. The predicted octanol–water partition coefficient (Wildman–Crippen LogP) is 2.45. The lowest BCUT2D eigenvalue weighted by molar-refractivity contribution is 0.0949. The predicted molar refractivity (Wildman–Crippen MR) is 77.9 cm³/mol. The number of hydrogen-bond acceptors (Lipinski definition) is 3. The summed E-state index contributed by atoms with van der Waals surface area (Å²) in [7, 11) is 0. The second kappa shape index (κ2) is 7.28. The highest BCUT2D eigenvalue weighted by molar-refractivity contribution is 5.92. The van der Waals surface area contributed by atoms with Crippen LogP contribution in [0, 0.1) is 0 Å². The average molecular weight is 270 g/mol. The highest BCUT2D eigenvalue weighted by Crippen LogP contribution is 2.12. The van der Waals surface area contributed by atoms with Crippen LogP contribution in [-0.4, -0.2) is 24.0 Å². The number of pyridine rings is 1. The smallest absolute Gasteiger partial charge is 0.269 e. The molecule has 0 aliphatic heterocycles. The topological polar surface area (TPSA) is 51.2 Å². The van der Waals surface area contributed by atoms with Crippen LogP contribution < -0.4 is 10.1 Å². The third kappa shape index (κ3) is 4.09. The second-order valence-electron chi connectivity index (χ2n) is 4.30. The molecule has 4 heteroatoms. The van der Waals surface area contributed by atoms with Gasteiger partial charge in [0.15, 0.2) is 0 Å². The van der Waals surface area contributed by atoms with Crippen molar-refractivity contribution >= 4 is 5.91 Å². The van der Waals surface area contributed by atoms with Crippen LogP contribution in [0.2, 0.25) is 0 Å².